The molecule has 336 valence electrons. The Morgan fingerprint density at radius 2 is 1.25 bits per heavy atom. The molecule has 0 spiro atoms. The van der Waals surface area contributed by atoms with E-state index in [1.807, 2.05) is 0 Å². The first-order chi connectivity index (χ1) is 31.1. The molecule has 7 rings (SSSR count). The number of benzene rings is 2. The number of nitrogens with one attached hydrogen (secondary N) is 2. The third-order valence-corrected chi connectivity index (χ3v) is 10.3. The van der Waals surface area contributed by atoms with E-state index in [0.717, 1.165) is 28.2 Å². The van der Waals surface area contributed by atoms with Gasteiger partial charge in [0.15, 0.2) is 11.5 Å². The van der Waals surface area contributed by atoms with Crippen LogP contribution in [0.2, 0.25) is 0 Å². The van der Waals surface area contributed by atoms with Gasteiger partial charge in [-0.15, -0.1) is 0 Å². The van der Waals surface area contributed by atoms with Crippen LogP contribution in [0.4, 0.5) is 11.9 Å². The standard InChI is InChI=1S/C44H44N10O11/c1-24-16-32(64-22-24)41(60)49-43-47-28-18-26(39(45)58)20-30(62-4)37(28)53(43)12-5-6-13-54-38-29(48-44(54)50-42(61)33-17-25(2)23-65-33)19-27(40(46)59)21-31(38)63-15-7-11-51(3)34(55)10-14-52-35(56)8-9-36(52)57/h5-6,8-9,16-23H,7,10-15H2,1-4H3,(H2,45,58)(H2,46,59)(H,47,49,60)(H,48,50,61)/b6-5+. The quantitative estimate of drug-likeness (QED) is 0.0514. The second-order valence-electron chi connectivity index (χ2n) is 15.0. The van der Waals surface area contributed by atoms with Crippen molar-refractivity contribution in [1.82, 2.24) is 28.9 Å². The molecule has 21 heteroatoms. The minimum Gasteiger partial charge on any atom is -0.494 e. The third kappa shape index (κ3) is 9.78. The number of rotatable bonds is 19. The topological polar surface area (TPSA) is 282 Å². The highest BCUT2D eigenvalue weighted by molar-refractivity contribution is 6.13. The number of aromatic nitrogens is 4. The molecule has 6 aromatic rings. The number of ether oxygens (including phenoxy) is 2. The summed E-state index contributed by atoms with van der Waals surface area (Å²) >= 11 is 0. The van der Waals surface area contributed by atoms with Gasteiger partial charge in [0, 0.05) is 62.9 Å². The molecule has 4 aromatic heterocycles. The van der Waals surface area contributed by atoms with Crippen molar-refractivity contribution in [3.63, 3.8) is 0 Å². The Bertz CT molecular complexity index is 2930. The van der Waals surface area contributed by atoms with Crippen molar-refractivity contribution in [2.24, 2.45) is 11.5 Å². The lowest BCUT2D eigenvalue weighted by molar-refractivity contribution is -0.138. The van der Waals surface area contributed by atoms with Crippen molar-refractivity contribution in [1.29, 1.82) is 0 Å². The maximum absolute atomic E-state index is 13.4. The van der Waals surface area contributed by atoms with Crippen LogP contribution >= 0.6 is 0 Å². The molecule has 5 heterocycles. The number of aryl methyl sites for hydroxylation is 2. The first-order valence-corrected chi connectivity index (χ1v) is 20.1. The molecule has 0 bridgehead atoms. The van der Waals surface area contributed by atoms with Gasteiger partial charge in [-0.25, -0.2) is 9.97 Å². The van der Waals surface area contributed by atoms with Crippen molar-refractivity contribution in [3.8, 4) is 11.5 Å². The Morgan fingerprint density at radius 3 is 1.71 bits per heavy atom. The van der Waals surface area contributed by atoms with Gasteiger partial charge >= 0.3 is 0 Å². The number of anilines is 2. The molecule has 7 amide bonds. The van der Waals surface area contributed by atoms with Gasteiger partial charge in [-0.05, 0) is 67.8 Å². The van der Waals surface area contributed by atoms with Crippen molar-refractivity contribution in [2.75, 3.05) is 44.5 Å². The Hall–Kier alpha value is -8.49. The van der Waals surface area contributed by atoms with Crippen molar-refractivity contribution in [3.05, 3.63) is 107 Å². The number of imidazole rings is 2. The van der Waals surface area contributed by atoms with E-state index < -0.39 is 35.4 Å². The van der Waals surface area contributed by atoms with Crippen LogP contribution in [0.15, 0.2) is 82.1 Å². The van der Waals surface area contributed by atoms with Crippen LogP contribution in [0, 0.1) is 13.8 Å². The van der Waals surface area contributed by atoms with Crippen molar-refractivity contribution in [2.45, 2.75) is 39.8 Å². The summed E-state index contributed by atoms with van der Waals surface area (Å²) in [4.78, 5) is 99.7. The molecular weight excluding hydrogens is 845 g/mol. The van der Waals surface area contributed by atoms with Gasteiger partial charge in [-0.2, -0.15) is 0 Å². The first-order valence-electron chi connectivity index (χ1n) is 20.1. The minimum absolute atomic E-state index is 0.0274. The third-order valence-electron chi connectivity index (χ3n) is 10.3. The number of carbonyl (C=O) groups excluding carboxylic acids is 7. The molecule has 0 unspecified atom stereocenters. The number of hydrogen-bond acceptors (Lipinski definition) is 13. The normalized spacial score (nSPS) is 12.5. The molecule has 1 aliphatic rings. The molecule has 0 fully saturated rings. The fourth-order valence-electron chi connectivity index (χ4n) is 7.00. The van der Waals surface area contributed by atoms with E-state index in [2.05, 4.69) is 20.6 Å². The van der Waals surface area contributed by atoms with Gasteiger partial charge in [0.1, 0.15) is 22.5 Å². The average molecular weight is 889 g/mol. The van der Waals surface area contributed by atoms with E-state index >= 15 is 0 Å². The van der Waals surface area contributed by atoms with Crippen LogP contribution < -0.4 is 31.6 Å². The molecule has 65 heavy (non-hydrogen) atoms. The summed E-state index contributed by atoms with van der Waals surface area (Å²) in [5, 5.41) is 5.56. The minimum atomic E-state index is -0.755. The lowest BCUT2D eigenvalue weighted by atomic mass is 10.1. The Balaban J connectivity index is 1.17. The van der Waals surface area contributed by atoms with Crippen LogP contribution in [-0.2, 0) is 27.5 Å². The molecule has 0 saturated carbocycles. The maximum Gasteiger partial charge on any atom is 0.293 e. The molecule has 0 saturated heterocycles. The van der Waals surface area contributed by atoms with Gasteiger partial charge in [-0.1, -0.05) is 12.2 Å². The van der Waals surface area contributed by atoms with Crippen molar-refractivity contribution >= 4 is 75.3 Å². The number of imide groups is 1. The number of amides is 7. The van der Waals surface area contributed by atoms with Crippen molar-refractivity contribution < 1.29 is 51.9 Å². The van der Waals surface area contributed by atoms with E-state index in [1.165, 1.54) is 48.8 Å². The van der Waals surface area contributed by atoms with Gasteiger partial charge in [-0.3, -0.25) is 49.1 Å². The number of nitrogens with zero attached hydrogens (tertiary/aromatic N) is 6. The van der Waals surface area contributed by atoms with Gasteiger partial charge in [0.2, 0.25) is 29.6 Å². The SMILES string of the molecule is COc1cc(C(N)=O)cc2nc(NC(=O)c3cc(C)co3)n(C/C=C/Cn3c(NC(=O)c4cc(C)co4)nc4cc(C(N)=O)cc(OCCCN(C)C(=O)CCN5C(=O)C=CC5=O)c43)c12. The molecule has 21 nitrogen and oxygen atoms in total. The number of hydrogen-bond donors (Lipinski definition) is 4. The predicted molar refractivity (Wildman–Crippen MR) is 233 cm³/mol. The van der Waals surface area contributed by atoms with E-state index in [-0.39, 0.29) is 96.7 Å². The zero-order chi connectivity index (χ0) is 46.5. The number of carbonyl (C=O) groups is 7. The fourth-order valence-corrected chi connectivity index (χ4v) is 7.00. The van der Waals surface area contributed by atoms with Crippen LogP contribution in [0.5, 0.6) is 11.5 Å². The highest BCUT2D eigenvalue weighted by Gasteiger charge is 2.26. The van der Waals surface area contributed by atoms with E-state index in [4.69, 9.17) is 29.8 Å². The smallest absolute Gasteiger partial charge is 0.293 e. The molecule has 2 aromatic carbocycles. The largest absolute Gasteiger partial charge is 0.494 e. The Labute approximate surface area is 369 Å². The molecule has 6 N–H and O–H groups in total. The van der Waals surface area contributed by atoms with Crippen LogP contribution in [0.3, 0.4) is 0 Å². The van der Waals surface area contributed by atoms with Crippen LogP contribution in [0.1, 0.15) is 65.8 Å². The summed E-state index contributed by atoms with van der Waals surface area (Å²) in [6.45, 7) is 3.97. The second-order valence-corrected chi connectivity index (χ2v) is 15.0. The molecular formula is C44H44N10O11. The number of allylic oxidation sites excluding steroid dienone is 2. The van der Waals surface area contributed by atoms with E-state index in [9.17, 15) is 33.6 Å². The Kier molecular flexibility index (Phi) is 12.9. The summed E-state index contributed by atoms with van der Waals surface area (Å²) < 4.78 is 26.0. The maximum atomic E-state index is 13.4. The van der Waals surface area contributed by atoms with E-state index in [1.54, 1.807) is 54.3 Å². The lowest BCUT2D eigenvalue weighted by Crippen LogP contribution is -2.36. The summed E-state index contributed by atoms with van der Waals surface area (Å²) in [5.41, 5.74) is 14.4. The zero-order valence-corrected chi connectivity index (χ0v) is 35.7. The number of methoxy groups -OCH3 is 1. The fraction of sp³-hybridized carbons (Fsp3) is 0.250. The monoisotopic (exact) mass is 888 g/mol. The predicted octanol–water partition coefficient (Wildman–Crippen LogP) is 3.70. The number of nitrogens with two attached hydrogens (primary N) is 2. The number of fused-ring (bicyclic) bond motifs is 2. The Morgan fingerprint density at radius 1 is 0.754 bits per heavy atom. The molecule has 0 atom stereocenters. The van der Waals surface area contributed by atoms with Crippen LogP contribution in [0.25, 0.3) is 22.1 Å². The lowest BCUT2D eigenvalue weighted by Gasteiger charge is -2.19. The van der Waals surface area contributed by atoms with Gasteiger partial charge in [0.25, 0.3) is 23.6 Å². The average Bonchev–Trinajstić information content (AvgIpc) is 4.11. The molecule has 0 radical (unpaired) electrons. The first kappa shape index (κ1) is 44.6. The summed E-state index contributed by atoms with van der Waals surface area (Å²) in [7, 11) is 3.01. The molecule has 1 aliphatic heterocycles. The van der Waals surface area contributed by atoms with E-state index in [0.29, 0.717) is 23.0 Å². The molecule has 0 aliphatic carbocycles. The zero-order valence-electron chi connectivity index (χ0n) is 35.7. The highest BCUT2D eigenvalue weighted by atomic mass is 16.5. The number of furan rings is 2. The highest BCUT2D eigenvalue weighted by Crippen LogP contribution is 2.33. The van der Waals surface area contributed by atoms with Crippen LogP contribution in [-0.4, -0.2) is 104 Å². The second kappa shape index (κ2) is 18.9. The summed E-state index contributed by atoms with van der Waals surface area (Å²) in [6.07, 6.45) is 8.99. The van der Waals surface area contributed by atoms with Gasteiger partial charge < -0.3 is 43.8 Å². The summed E-state index contributed by atoms with van der Waals surface area (Å²) in [6, 6.07) is 9.01. The summed E-state index contributed by atoms with van der Waals surface area (Å²) in [5.74, 6) is -3.14. The number of primary amides is 2. The van der Waals surface area contributed by atoms with Gasteiger partial charge in [0.05, 0.1) is 37.3 Å².